The predicted molar refractivity (Wildman–Crippen MR) is 63.8 cm³/mol. The van der Waals surface area contributed by atoms with Gasteiger partial charge in [0.2, 0.25) is 5.91 Å². The first-order valence-corrected chi connectivity index (χ1v) is 5.42. The van der Waals surface area contributed by atoms with Gasteiger partial charge in [-0.1, -0.05) is 0 Å². The molecular formula is C12H19N3O. The first kappa shape index (κ1) is 12.6. The van der Waals surface area contributed by atoms with E-state index in [1.165, 1.54) is 5.56 Å². The van der Waals surface area contributed by atoms with Gasteiger partial charge in [-0.2, -0.15) is 0 Å². The molecular weight excluding hydrogens is 202 g/mol. The largest absolute Gasteiger partial charge is 0.370 e. The van der Waals surface area contributed by atoms with Crippen LogP contribution in [-0.2, 0) is 11.2 Å². The van der Waals surface area contributed by atoms with E-state index < -0.39 is 0 Å². The highest BCUT2D eigenvalue weighted by Crippen LogP contribution is 2.07. The van der Waals surface area contributed by atoms with Gasteiger partial charge in [0.1, 0.15) is 0 Å². The third-order valence-corrected chi connectivity index (χ3v) is 2.38. The van der Waals surface area contributed by atoms with Crippen LogP contribution in [-0.4, -0.2) is 23.0 Å². The number of amides is 1. The number of nitrogens with two attached hydrogens (primary N) is 1. The maximum Gasteiger partial charge on any atom is 0.219 e. The van der Waals surface area contributed by atoms with Crippen LogP contribution >= 0.6 is 0 Å². The molecule has 1 rings (SSSR count). The molecule has 0 aliphatic carbocycles. The molecule has 0 fully saturated rings. The van der Waals surface area contributed by atoms with Crippen LogP contribution < -0.4 is 11.1 Å². The summed E-state index contributed by atoms with van der Waals surface area (Å²) in [5, 5.41) is 3.32. The summed E-state index contributed by atoms with van der Waals surface area (Å²) < 4.78 is 0. The average Bonchev–Trinajstić information content (AvgIpc) is 2.16. The fraction of sp³-hybridized carbons (Fsp3) is 0.500. The predicted octanol–water partition coefficient (Wildman–Crippen LogP) is 0.868. The van der Waals surface area contributed by atoms with Crippen LogP contribution in [0.5, 0.6) is 0 Å². The maximum absolute atomic E-state index is 10.8. The molecule has 1 aromatic rings. The summed E-state index contributed by atoms with van der Waals surface area (Å²) in [4.78, 5) is 14.8. The summed E-state index contributed by atoms with van der Waals surface area (Å²) in [7, 11) is 0. The topological polar surface area (TPSA) is 68.0 Å². The van der Waals surface area contributed by atoms with E-state index >= 15 is 0 Å². The second-order valence-corrected chi connectivity index (χ2v) is 4.56. The number of hydrogen-bond donors (Lipinski definition) is 2. The van der Waals surface area contributed by atoms with Crippen LogP contribution in [0, 0.1) is 0 Å². The Bertz CT molecular complexity index is 335. The Balaban J connectivity index is 2.32. The normalized spacial score (nSPS) is 11.4. The average molecular weight is 221 g/mol. The van der Waals surface area contributed by atoms with Crippen LogP contribution in [0.4, 0.5) is 0 Å². The van der Waals surface area contributed by atoms with E-state index in [1.807, 2.05) is 26.0 Å². The molecule has 0 spiro atoms. The lowest BCUT2D eigenvalue weighted by atomic mass is 10.00. The minimum atomic E-state index is -0.276. The number of aromatic nitrogens is 1. The van der Waals surface area contributed by atoms with Crippen molar-refractivity contribution >= 4 is 5.91 Å². The number of carbonyl (C=O) groups is 1. The molecule has 1 aromatic heterocycles. The molecule has 4 nitrogen and oxygen atoms in total. The molecule has 0 aromatic carbocycles. The minimum Gasteiger partial charge on any atom is -0.370 e. The Kier molecular flexibility index (Phi) is 4.43. The summed E-state index contributed by atoms with van der Waals surface area (Å²) in [6.07, 6.45) is 4.84. The van der Waals surface area contributed by atoms with Gasteiger partial charge in [-0.05, 0) is 44.5 Å². The van der Waals surface area contributed by atoms with Crippen molar-refractivity contribution in [1.29, 1.82) is 0 Å². The van der Waals surface area contributed by atoms with E-state index in [0.717, 1.165) is 13.0 Å². The van der Waals surface area contributed by atoms with Crippen molar-refractivity contribution in [2.24, 2.45) is 5.73 Å². The SMILES string of the molecule is CC(C)(CC(N)=O)NCCc1ccncc1. The van der Waals surface area contributed by atoms with Crippen LogP contribution in [0.25, 0.3) is 0 Å². The Hall–Kier alpha value is -1.42. The molecule has 1 heterocycles. The number of primary amides is 1. The van der Waals surface area contributed by atoms with Crippen molar-refractivity contribution in [2.45, 2.75) is 32.2 Å². The molecule has 0 bridgehead atoms. The number of nitrogens with one attached hydrogen (secondary N) is 1. The Morgan fingerprint density at radius 2 is 2.06 bits per heavy atom. The van der Waals surface area contributed by atoms with Gasteiger partial charge >= 0.3 is 0 Å². The molecule has 0 saturated heterocycles. The molecule has 1 amide bonds. The fourth-order valence-electron chi connectivity index (χ4n) is 1.59. The molecule has 0 radical (unpaired) electrons. The number of pyridine rings is 1. The van der Waals surface area contributed by atoms with Crippen molar-refractivity contribution in [3.8, 4) is 0 Å². The lowest BCUT2D eigenvalue weighted by molar-refractivity contribution is -0.119. The number of carbonyl (C=O) groups excluding carboxylic acids is 1. The first-order chi connectivity index (χ1) is 7.49. The Morgan fingerprint density at radius 3 is 2.62 bits per heavy atom. The van der Waals surface area contributed by atoms with Gasteiger partial charge in [-0.15, -0.1) is 0 Å². The molecule has 3 N–H and O–H groups in total. The lowest BCUT2D eigenvalue weighted by Gasteiger charge is -2.24. The molecule has 0 unspecified atom stereocenters. The minimum absolute atomic E-state index is 0.237. The summed E-state index contributed by atoms with van der Waals surface area (Å²) in [5.74, 6) is -0.276. The third-order valence-electron chi connectivity index (χ3n) is 2.38. The zero-order valence-corrected chi connectivity index (χ0v) is 9.86. The van der Waals surface area contributed by atoms with Crippen molar-refractivity contribution in [2.75, 3.05) is 6.54 Å². The Labute approximate surface area is 96.3 Å². The third kappa shape index (κ3) is 4.89. The fourth-order valence-corrected chi connectivity index (χ4v) is 1.59. The molecule has 16 heavy (non-hydrogen) atoms. The van der Waals surface area contributed by atoms with Crippen LogP contribution in [0.1, 0.15) is 25.8 Å². The second kappa shape index (κ2) is 5.61. The molecule has 88 valence electrons. The molecule has 0 atom stereocenters. The molecule has 0 aliphatic rings. The van der Waals surface area contributed by atoms with E-state index in [4.69, 9.17) is 5.73 Å². The van der Waals surface area contributed by atoms with Crippen LogP contribution in [0.2, 0.25) is 0 Å². The molecule has 4 heteroatoms. The van der Waals surface area contributed by atoms with Gasteiger partial charge in [0, 0.05) is 24.4 Å². The standard InChI is InChI=1S/C12H19N3O/c1-12(2,9-11(13)16)15-8-5-10-3-6-14-7-4-10/h3-4,6-7,15H,5,8-9H2,1-2H3,(H2,13,16). The maximum atomic E-state index is 10.8. The highest BCUT2D eigenvalue weighted by atomic mass is 16.1. The molecule has 0 saturated carbocycles. The second-order valence-electron chi connectivity index (χ2n) is 4.56. The van der Waals surface area contributed by atoms with E-state index in [-0.39, 0.29) is 11.4 Å². The molecule has 0 aliphatic heterocycles. The smallest absolute Gasteiger partial charge is 0.219 e. The zero-order chi connectivity index (χ0) is 12.0. The highest BCUT2D eigenvalue weighted by molar-refractivity contribution is 5.74. The Morgan fingerprint density at radius 1 is 1.44 bits per heavy atom. The summed E-state index contributed by atoms with van der Waals surface area (Å²) in [6, 6.07) is 3.98. The number of hydrogen-bond acceptors (Lipinski definition) is 3. The van der Waals surface area contributed by atoms with Gasteiger partial charge in [0.25, 0.3) is 0 Å². The van der Waals surface area contributed by atoms with Crippen LogP contribution in [0.3, 0.4) is 0 Å². The lowest BCUT2D eigenvalue weighted by Crippen LogP contribution is -2.43. The quantitative estimate of drug-likeness (QED) is 0.749. The number of rotatable bonds is 6. The van der Waals surface area contributed by atoms with E-state index in [9.17, 15) is 4.79 Å². The van der Waals surface area contributed by atoms with Gasteiger partial charge in [-0.25, -0.2) is 0 Å². The highest BCUT2D eigenvalue weighted by Gasteiger charge is 2.18. The van der Waals surface area contributed by atoms with Crippen molar-refractivity contribution in [3.05, 3.63) is 30.1 Å². The zero-order valence-electron chi connectivity index (χ0n) is 9.86. The summed E-state index contributed by atoms with van der Waals surface area (Å²) >= 11 is 0. The van der Waals surface area contributed by atoms with Gasteiger partial charge in [0.05, 0.1) is 0 Å². The monoisotopic (exact) mass is 221 g/mol. The van der Waals surface area contributed by atoms with Crippen molar-refractivity contribution in [1.82, 2.24) is 10.3 Å². The number of nitrogens with zero attached hydrogens (tertiary/aromatic N) is 1. The van der Waals surface area contributed by atoms with Gasteiger partial charge < -0.3 is 11.1 Å². The van der Waals surface area contributed by atoms with Gasteiger partial charge in [-0.3, -0.25) is 9.78 Å². The summed E-state index contributed by atoms with van der Waals surface area (Å²) in [5.41, 5.74) is 6.17. The van der Waals surface area contributed by atoms with Crippen LogP contribution in [0.15, 0.2) is 24.5 Å². The van der Waals surface area contributed by atoms with E-state index in [0.29, 0.717) is 6.42 Å². The van der Waals surface area contributed by atoms with E-state index in [2.05, 4.69) is 10.3 Å². The summed E-state index contributed by atoms with van der Waals surface area (Å²) in [6.45, 7) is 4.78. The van der Waals surface area contributed by atoms with Crippen molar-refractivity contribution in [3.63, 3.8) is 0 Å². The van der Waals surface area contributed by atoms with Gasteiger partial charge in [0.15, 0.2) is 0 Å². The van der Waals surface area contributed by atoms with Crippen molar-refractivity contribution < 1.29 is 4.79 Å². The van der Waals surface area contributed by atoms with E-state index in [1.54, 1.807) is 12.4 Å². The first-order valence-electron chi connectivity index (χ1n) is 5.42.